The molecule has 6 nitrogen and oxygen atoms in total. The van der Waals surface area contributed by atoms with Gasteiger partial charge in [0.15, 0.2) is 5.96 Å². The number of rotatable bonds is 11. The number of guanidine groups is 1. The van der Waals surface area contributed by atoms with Gasteiger partial charge in [0.2, 0.25) is 0 Å². The van der Waals surface area contributed by atoms with E-state index in [4.69, 9.17) is 14.2 Å². The van der Waals surface area contributed by atoms with Gasteiger partial charge in [-0.2, -0.15) is 0 Å². The van der Waals surface area contributed by atoms with Crippen molar-refractivity contribution in [3.8, 4) is 11.5 Å². The van der Waals surface area contributed by atoms with Gasteiger partial charge in [0.1, 0.15) is 24.7 Å². The third kappa shape index (κ3) is 9.19. The molecule has 0 radical (unpaired) electrons. The largest absolute Gasteiger partial charge is 0.491 e. The van der Waals surface area contributed by atoms with Gasteiger partial charge in [0, 0.05) is 32.8 Å². The van der Waals surface area contributed by atoms with Crippen LogP contribution in [0.25, 0.3) is 0 Å². The van der Waals surface area contributed by atoms with Crippen LogP contribution in [0.1, 0.15) is 11.1 Å². The molecule has 2 aromatic carbocycles. The number of nitrogens with one attached hydrogen (secondary N) is 2. The highest BCUT2D eigenvalue weighted by Crippen LogP contribution is 2.17. The van der Waals surface area contributed by atoms with Gasteiger partial charge < -0.3 is 24.8 Å². The summed E-state index contributed by atoms with van der Waals surface area (Å²) in [6.07, 6.45) is 1.73. The van der Waals surface area contributed by atoms with Gasteiger partial charge in [-0.05, 0) is 23.8 Å². The number of para-hydroxylation sites is 1. The van der Waals surface area contributed by atoms with E-state index in [1.807, 2.05) is 48.5 Å². The summed E-state index contributed by atoms with van der Waals surface area (Å²) in [5.41, 5.74) is 2.20. The molecule has 0 aromatic heterocycles. The highest BCUT2D eigenvalue weighted by atomic mass is 127. The standard InChI is InChI=1S/C22H29N3O3.HI/c1-4-13-28-21-8-6-5-7-19(21)17-25-22(23-2)24-16-18-9-11-20(12-10-18)27-15-14-26-3;/h4-12H,1,13-17H2,2-3H3,(H2,23,24,25);1H. The molecule has 7 heteroatoms. The van der Waals surface area contributed by atoms with Crippen LogP contribution in [0.5, 0.6) is 11.5 Å². The molecule has 2 rings (SSSR count). The van der Waals surface area contributed by atoms with Crippen LogP contribution in [0.2, 0.25) is 0 Å². The molecular weight excluding hydrogens is 481 g/mol. The monoisotopic (exact) mass is 511 g/mol. The summed E-state index contributed by atoms with van der Waals surface area (Å²) in [6.45, 7) is 6.56. The number of hydrogen-bond donors (Lipinski definition) is 2. The summed E-state index contributed by atoms with van der Waals surface area (Å²) in [5.74, 6) is 2.40. The molecule has 0 bridgehead atoms. The molecule has 0 spiro atoms. The Bertz CT molecular complexity index is 751. The van der Waals surface area contributed by atoms with Gasteiger partial charge >= 0.3 is 0 Å². The van der Waals surface area contributed by atoms with Crippen molar-refractivity contribution in [2.24, 2.45) is 4.99 Å². The Morgan fingerprint density at radius 2 is 1.72 bits per heavy atom. The van der Waals surface area contributed by atoms with Crippen LogP contribution in [-0.2, 0) is 17.8 Å². The van der Waals surface area contributed by atoms with E-state index in [1.165, 1.54) is 0 Å². The van der Waals surface area contributed by atoms with Crippen LogP contribution in [0.4, 0.5) is 0 Å². The summed E-state index contributed by atoms with van der Waals surface area (Å²) in [4.78, 5) is 4.28. The second-order valence-corrected chi connectivity index (χ2v) is 5.97. The van der Waals surface area contributed by atoms with E-state index in [0.29, 0.717) is 32.9 Å². The van der Waals surface area contributed by atoms with Crippen LogP contribution in [0.3, 0.4) is 0 Å². The molecule has 0 aliphatic rings. The summed E-state index contributed by atoms with van der Waals surface area (Å²) < 4.78 is 16.2. The lowest BCUT2D eigenvalue weighted by Crippen LogP contribution is -2.36. The van der Waals surface area contributed by atoms with Crippen LogP contribution < -0.4 is 20.1 Å². The maximum atomic E-state index is 5.69. The van der Waals surface area contributed by atoms with Crippen LogP contribution in [0, 0.1) is 0 Å². The van der Waals surface area contributed by atoms with Crippen molar-refractivity contribution in [1.82, 2.24) is 10.6 Å². The minimum absolute atomic E-state index is 0. The van der Waals surface area contributed by atoms with Gasteiger partial charge in [0.05, 0.1) is 6.61 Å². The zero-order valence-corrected chi connectivity index (χ0v) is 19.3. The maximum Gasteiger partial charge on any atom is 0.191 e. The quantitative estimate of drug-likeness (QED) is 0.158. The van der Waals surface area contributed by atoms with E-state index in [0.717, 1.165) is 28.6 Å². The number of hydrogen-bond acceptors (Lipinski definition) is 4. The summed E-state index contributed by atoms with van der Waals surface area (Å²) in [5, 5.41) is 6.62. The summed E-state index contributed by atoms with van der Waals surface area (Å²) >= 11 is 0. The molecule has 0 unspecified atom stereocenters. The maximum absolute atomic E-state index is 5.69. The fraction of sp³-hybridized carbons (Fsp3) is 0.318. The Kier molecular flexibility index (Phi) is 12.6. The first kappa shape index (κ1) is 24.8. The number of benzene rings is 2. The highest BCUT2D eigenvalue weighted by Gasteiger charge is 2.04. The first-order valence-electron chi connectivity index (χ1n) is 9.23. The zero-order chi connectivity index (χ0) is 20.0. The molecule has 29 heavy (non-hydrogen) atoms. The zero-order valence-electron chi connectivity index (χ0n) is 17.0. The first-order valence-corrected chi connectivity index (χ1v) is 9.23. The lowest BCUT2D eigenvalue weighted by Gasteiger charge is -2.14. The molecule has 0 amide bonds. The van der Waals surface area contributed by atoms with Crippen molar-refractivity contribution in [2.45, 2.75) is 13.1 Å². The molecule has 2 aromatic rings. The molecule has 158 valence electrons. The molecule has 0 saturated heterocycles. The normalized spacial score (nSPS) is 10.6. The third-order valence-electron chi connectivity index (χ3n) is 3.94. The first-order chi connectivity index (χ1) is 13.8. The van der Waals surface area contributed by atoms with E-state index in [-0.39, 0.29) is 24.0 Å². The molecular formula is C22H30IN3O3. The Balaban J connectivity index is 0.00000420. The second-order valence-electron chi connectivity index (χ2n) is 5.97. The van der Waals surface area contributed by atoms with E-state index >= 15 is 0 Å². The Labute approximate surface area is 190 Å². The molecule has 0 heterocycles. The van der Waals surface area contributed by atoms with Crippen molar-refractivity contribution < 1.29 is 14.2 Å². The molecule has 0 atom stereocenters. The Morgan fingerprint density at radius 1 is 1.00 bits per heavy atom. The summed E-state index contributed by atoms with van der Waals surface area (Å²) in [7, 11) is 3.41. The average molecular weight is 511 g/mol. The molecule has 0 aliphatic heterocycles. The summed E-state index contributed by atoms with van der Waals surface area (Å²) in [6, 6.07) is 15.9. The Morgan fingerprint density at radius 3 is 2.41 bits per heavy atom. The van der Waals surface area contributed by atoms with Crippen molar-refractivity contribution in [3.05, 3.63) is 72.3 Å². The van der Waals surface area contributed by atoms with Gasteiger partial charge in [-0.15, -0.1) is 24.0 Å². The molecule has 0 saturated carbocycles. The Hall–Kier alpha value is -2.26. The van der Waals surface area contributed by atoms with E-state index in [2.05, 4.69) is 22.2 Å². The van der Waals surface area contributed by atoms with Crippen LogP contribution >= 0.6 is 24.0 Å². The number of halogens is 1. The minimum atomic E-state index is 0. The smallest absolute Gasteiger partial charge is 0.191 e. The lowest BCUT2D eigenvalue weighted by atomic mass is 10.2. The highest BCUT2D eigenvalue weighted by molar-refractivity contribution is 14.0. The number of aliphatic imine (C=N–C) groups is 1. The topological polar surface area (TPSA) is 64.1 Å². The second kappa shape index (κ2) is 14.7. The number of methoxy groups -OCH3 is 1. The minimum Gasteiger partial charge on any atom is -0.491 e. The fourth-order valence-electron chi connectivity index (χ4n) is 2.47. The van der Waals surface area contributed by atoms with Crippen molar-refractivity contribution >= 4 is 29.9 Å². The molecule has 2 N–H and O–H groups in total. The van der Waals surface area contributed by atoms with Crippen molar-refractivity contribution in [2.75, 3.05) is 34.0 Å². The molecule has 0 aliphatic carbocycles. The third-order valence-corrected chi connectivity index (χ3v) is 3.94. The van der Waals surface area contributed by atoms with Crippen LogP contribution in [0.15, 0.2) is 66.2 Å². The number of ether oxygens (including phenoxy) is 3. The van der Waals surface area contributed by atoms with Crippen LogP contribution in [-0.4, -0.2) is 39.9 Å². The van der Waals surface area contributed by atoms with Gasteiger partial charge in [-0.25, -0.2) is 0 Å². The average Bonchev–Trinajstić information content (AvgIpc) is 2.74. The van der Waals surface area contributed by atoms with E-state index < -0.39 is 0 Å². The van der Waals surface area contributed by atoms with E-state index in [9.17, 15) is 0 Å². The van der Waals surface area contributed by atoms with Gasteiger partial charge in [0.25, 0.3) is 0 Å². The van der Waals surface area contributed by atoms with E-state index in [1.54, 1.807) is 20.2 Å². The molecule has 0 fully saturated rings. The predicted octanol–water partition coefficient (Wildman–Crippen LogP) is 3.76. The van der Waals surface area contributed by atoms with Gasteiger partial charge in [-0.1, -0.05) is 43.0 Å². The predicted molar refractivity (Wildman–Crippen MR) is 128 cm³/mol. The van der Waals surface area contributed by atoms with Gasteiger partial charge in [-0.3, -0.25) is 4.99 Å². The van der Waals surface area contributed by atoms with Crippen molar-refractivity contribution in [3.63, 3.8) is 0 Å². The SMILES string of the molecule is C=CCOc1ccccc1CNC(=NC)NCc1ccc(OCCOC)cc1.I. The fourth-order valence-corrected chi connectivity index (χ4v) is 2.47. The lowest BCUT2D eigenvalue weighted by molar-refractivity contribution is 0.146. The van der Waals surface area contributed by atoms with Crippen molar-refractivity contribution in [1.29, 1.82) is 0 Å². The number of nitrogens with zero attached hydrogens (tertiary/aromatic N) is 1.